The Bertz CT molecular complexity index is 3530. The molecule has 234 valence electrons. The van der Waals surface area contributed by atoms with Gasteiger partial charge < -0.3 is 4.42 Å². The predicted octanol–water partition coefficient (Wildman–Crippen LogP) is 13.6. The molecule has 0 N–H and O–H groups in total. The summed E-state index contributed by atoms with van der Waals surface area (Å²) >= 11 is 0. The van der Waals surface area contributed by atoms with E-state index in [-0.39, 0.29) is 38.2 Å². The van der Waals surface area contributed by atoms with Crippen LogP contribution in [0.3, 0.4) is 0 Å². The van der Waals surface area contributed by atoms with E-state index < -0.39 is 85.0 Å². The second kappa shape index (κ2) is 11.6. The van der Waals surface area contributed by atoms with Crippen LogP contribution in [0, 0.1) is 0 Å². The Morgan fingerprint density at radius 2 is 1.06 bits per heavy atom. The number of fused-ring (bicyclic) bond motifs is 6. The summed E-state index contributed by atoms with van der Waals surface area (Å²) in [6.07, 6.45) is -0.498. The van der Waals surface area contributed by atoms with Crippen LogP contribution in [0.2, 0.25) is 0 Å². The van der Waals surface area contributed by atoms with Crippen LogP contribution in [0.1, 0.15) is 28.9 Å². The molecule has 1 heterocycles. The van der Waals surface area contributed by atoms with Gasteiger partial charge in [-0.3, -0.25) is 0 Å². The van der Waals surface area contributed by atoms with E-state index in [4.69, 9.17) is 16.8 Å². The van der Waals surface area contributed by atoms with Gasteiger partial charge in [0.2, 0.25) is 0 Å². The molecule has 0 bridgehead atoms. The van der Waals surface area contributed by atoms with Crippen LogP contribution in [-0.4, -0.2) is 0 Å². The van der Waals surface area contributed by atoms with Crippen LogP contribution in [0.15, 0.2) is 186 Å². The molecule has 0 amide bonds. The molecule has 0 aliphatic heterocycles. The third-order valence-electron chi connectivity index (χ3n) is 9.45. The van der Waals surface area contributed by atoms with Gasteiger partial charge in [0.1, 0.15) is 11.2 Å². The maximum absolute atomic E-state index is 9.34. The summed E-state index contributed by atoms with van der Waals surface area (Å²) in [7, 11) is 0. The summed E-state index contributed by atoms with van der Waals surface area (Å²) in [5, 5.41) is 3.74. The fourth-order valence-electron chi connectivity index (χ4n) is 7.31. The largest absolute Gasteiger partial charge is 0.455 e. The predicted molar refractivity (Wildman–Crippen MR) is 212 cm³/mol. The third kappa shape index (κ3) is 4.55. The molecule has 0 spiro atoms. The Morgan fingerprint density at radius 1 is 0.460 bits per heavy atom. The molecule has 0 aliphatic carbocycles. The Labute approximate surface area is 308 Å². The second-order valence-electron chi connectivity index (χ2n) is 12.2. The first-order chi connectivity index (χ1) is 30.2. The number of para-hydroxylation sites is 1. The smallest absolute Gasteiger partial charge is 0.143 e. The molecule has 0 saturated carbocycles. The van der Waals surface area contributed by atoms with Gasteiger partial charge in [-0.05, 0) is 89.8 Å². The van der Waals surface area contributed by atoms with Gasteiger partial charge in [-0.1, -0.05) is 170 Å². The van der Waals surface area contributed by atoms with Crippen molar-refractivity contribution < 1.29 is 22.2 Å². The highest BCUT2D eigenvalue weighted by Gasteiger charge is 2.19. The van der Waals surface area contributed by atoms with Crippen LogP contribution in [0.5, 0.6) is 0 Å². The maximum atomic E-state index is 9.34. The van der Waals surface area contributed by atoms with Gasteiger partial charge in [0.05, 0.1) is 17.8 Å². The fourth-order valence-corrected chi connectivity index (χ4v) is 7.31. The zero-order valence-electron chi connectivity index (χ0n) is 39.4. The Balaban J connectivity index is 1.28. The van der Waals surface area contributed by atoms with Gasteiger partial charge in [-0.15, -0.1) is 0 Å². The molecule has 0 fully saturated rings. The number of hydrogen-bond acceptors (Lipinski definition) is 1. The Morgan fingerprint density at radius 3 is 1.88 bits per heavy atom. The van der Waals surface area contributed by atoms with Gasteiger partial charge in [-0.2, -0.15) is 0 Å². The fraction of sp³-hybridized carbons (Fsp3) is 0.0204. The summed E-state index contributed by atoms with van der Waals surface area (Å²) in [6.45, 7) is 0. The van der Waals surface area contributed by atoms with Crippen molar-refractivity contribution in [2.75, 3.05) is 0 Å². The quantitative estimate of drug-likeness (QED) is 0.169. The third-order valence-corrected chi connectivity index (χ3v) is 9.45. The highest BCUT2D eigenvalue weighted by atomic mass is 16.3. The van der Waals surface area contributed by atoms with E-state index in [0.717, 1.165) is 32.7 Å². The van der Waals surface area contributed by atoms with E-state index in [1.165, 1.54) is 0 Å². The summed E-state index contributed by atoms with van der Waals surface area (Å²) in [5.41, 5.74) is 5.00. The molecule has 1 nitrogen and oxygen atoms in total. The molecule has 10 rings (SSSR count). The van der Waals surface area contributed by atoms with Crippen LogP contribution < -0.4 is 0 Å². The first kappa shape index (κ1) is 18.4. The minimum atomic E-state index is -0.619. The summed E-state index contributed by atoms with van der Waals surface area (Å²) in [6, 6.07) is 26.2. The van der Waals surface area contributed by atoms with Crippen molar-refractivity contribution >= 4 is 54.3 Å². The lowest BCUT2D eigenvalue weighted by Gasteiger charge is -2.18. The van der Waals surface area contributed by atoms with Crippen molar-refractivity contribution in [2.24, 2.45) is 0 Å². The Kier molecular flexibility index (Phi) is 4.26. The number of hydrogen-bond donors (Lipinski definition) is 0. The summed E-state index contributed by atoms with van der Waals surface area (Å²) in [4.78, 5) is 0. The summed E-state index contributed by atoms with van der Waals surface area (Å²) in [5.74, 6) is 0. The first-order valence-corrected chi connectivity index (χ1v) is 16.2. The molecule has 1 aromatic heterocycles. The average Bonchev–Trinajstić information content (AvgIpc) is 3.70. The van der Waals surface area contributed by atoms with Crippen LogP contribution in [-0.2, 0) is 6.42 Å². The molecule has 0 atom stereocenters. The highest BCUT2D eigenvalue weighted by Crippen LogP contribution is 2.44. The number of furan rings is 1. The zero-order valence-corrected chi connectivity index (χ0v) is 26.4. The molecule has 0 aliphatic rings. The molecular formula is C49H32O. The van der Waals surface area contributed by atoms with Crippen molar-refractivity contribution in [3.8, 4) is 33.4 Å². The highest BCUT2D eigenvalue weighted by molar-refractivity contribution is 6.18. The molecule has 0 saturated heterocycles. The zero-order chi connectivity index (χ0) is 44.3. The monoisotopic (exact) mass is 649 g/mol. The van der Waals surface area contributed by atoms with Gasteiger partial charge in [0, 0.05) is 16.3 Å². The van der Waals surface area contributed by atoms with Crippen molar-refractivity contribution in [1.29, 1.82) is 0 Å². The molecule has 0 radical (unpaired) electrons. The molecule has 9 aromatic carbocycles. The summed E-state index contributed by atoms with van der Waals surface area (Å²) < 4.78 is 121. The molecular weight excluding hydrogens is 605 g/mol. The molecule has 1 heteroatoms. The lowest BCUT2D eigenvalue weighted by molar-refractivity contribution is 0.670. The van der Waals surface area contributed by atoms with E-state index in [1.807, 2.05) is 54.6 Å². The lowest BCUT2D eigenvalue weighted by Crippen LogP contribution is -1.95. The average molecular weight is 650 g/mol. The van der Waals surface area contributed by atoms with Crippen LogP contribution in [0.25, 0.3) is 87.6 Å². The normalized spacial score (nSPS) is 15.3. The van der Waals surface area contributed by atoms with E-state index in [0.29, 0.717) is 27.9 Å². The topological polar surface area (TPSA) is 13.1 Å². The van der Waals surface area contributed by atoms with Gasteiger partial charge in [0.15, 0.2) is 0 Å². The van der Waals surface area contributed by atoms with Gasteiger partial charge in [-0.25, -0.2) is 0 Å². The van der Waals surface area contributed by atoms with E-state index in [1.54, 1.807) is 18.2 Å². The van der Waals surface area contributed by atoms with Crippen molar-refractivity contribution in [3.63, 3.8) is 0 Å². The SMILES string of the molecule is [2H]c1c([2H])c([2H])c(Cc2c3c([2H])c([2H])c([2H])c([2H])c3c(-c3cccc(-c4cccc5c4oc4cccc(-c6cccc7ccccc67)c45)c3)c3c([2H])c([2H])c([2H])c([2H])c23)c([2H])c1[2H]. The lowest BCUT2D eigenvalue weighted by atomic mass is 9.85. The number of rotatable bonds is 5. The first-order valence-electron chi connectivity index (χ1n) is 22.7. The van der Waals surface area contributed by atoms with Crippen LogP contribution in [0.4, 0.5) is 0 Å². The standard InChI is InChI=1S/C49H32O/c1-2-14-32(15-3-1)30-45-39-21-6-8-23-41(39)47(42-24-9-7-22-40(42)45)35-19-10-18-34(31-35)37-25-12-28-44-48-43(27-13-29-46(48)50-49(37)44)38-26-11-17-33-16-4-5-20-36(33)38/h1-29,31H,30H2/i1D,2D,3D,6D,7D,8D,9D,14D,15D,21D,22D,23D,24D. The van der Waals surface area contributed by atoms with Crippen LogP contribution >= 0.6 is 0 Å². The molecule has 0 unspecified atom stereocenters. The van der Waals surface area contributed by atoms with Crippen molar-refractivity contribution in [3.05, 3.63) is 193 Å². The second-order valence-corrected chi connectivity index (χ2v) is 12.2. The van der Waals surface area contributed by atoms with E-state index >= 15 is 0 Å². The number of benzene rings is 9. The minimum Gasteiger partial charge on any atom is -0.455 e. The van der Waals surface area contributed by atoms with Crippen molar-refractivity contribution in [2.45, 2.75) is 6.42 Å². The van der Waals surface area contributed by atoms with Gasteiger partial charge >= 0.3 is 0 Å². The minimum absolute atomic E-state index is 0.0218. The van der Waals surface area contributed by atoms with E-state index in [9.17, 15) is 5.48 Å². The maximum Gasteiger partial charge on any atom is 0.143 e. The van der Waals surface area contributed by atoms with Gasteiger partial charge in [0.25, 0.3) is 0 Å². The van der Waals surface area contributed by atoms with E-state index in [2.05, 4.69) is 30.3 Å². The Hall–Kier alpha value is -6.44. The molecule has 50 heavy (non-hydrogen) atoms. The molecule has 10 aromatic rings. The van der Waals surface area contributed by atoms with Crippen molar-refractivity contribution in [1.82, 2.24) is 0 Å².